The number of hydrogen-bond acceptors (Lipinski definition) is 5. The molecule has 2 aliphatic rings. The van der Waals surface area contributed by atoms with Crippen molar-refractivity contribution < 1.29 is 46.1 Å². The maximum absolute atomic E-state index is 14.9. The minimum atomic E-state index is -4.73. The molecule has 1 unspecified atom stereocenters. The SMILES string of the molecule is COC1=CCC2C(=C1F)C(CC(=O)O)=C(C)N2C(=O)c1ccc(OC(F)(F)C(F)F)s1. The number of carbonyl (C=O) groups is 2. The molecule has 0 bridgehead atoms. The molecule has 168 valence electrons. The van der Waals surface area contributed by atoms with Crippen LogP contribution in [0.2, 0.25) is 0 Å². The van der Waals surface area contributed by atoms with Crippen LogP contribution in [0.5, 0.6) is 5.06 Å². The monoisotopic (exact) mass is 465 g/mol. The van der Waals surface area contributed by atoms with E-state index in [0.717, 1.165) is 17.0 Å². The van der Waals surface area contributed by atoms with Crippen molar-refractivity contribution in [2.45, 2.75) is 38.3 Å². The highest BCUT2D eigenvalue weighted by molar-refractivity contribution is 7.15. The molecule has 0 spiro atoms. The summed E-state index contributed by atoms with van der Waals surface area (Å²) < 4.78 is 74.8. The van der Waals surface area contributed by atoms with Gasteiger partial charge in [0, 0.05) is 11.3 Å². The highest BCUT2D eigenvalue weighted by Gasteiger charge is 2.45. The van der Waals surface area contributed by atoms with Gasteiger partial charge in [-0.15, -0.1) is 0 Å². The lowest BCUT2D eigenvalue weighted by atomic mass is 9.92. The number of thiophene rings is 1. The Morgan fingerprint density at radius 2 is 2.03 bits per heavy atom. The lowest BCUT2D eigenvalue weighted by molar-refractivity contribution is -0.251. The molecule has 6 nitrogen and oxygen atoms in total. The van der Waals surface area contributed by atoms with Crippen LogP contribution in [-0.4, -0.2) is 47.6 Å². The van der Waals surface area contributed by atoms with Crippen molar-refractivity contribution in [2.75, 3.05) is 7.11 Å². The summed E-state index contributed by atoms with van der Waals surface area (Å²) in [5, 5.41) is 8.61. The maximum Gasteiger partial charge on any atom is 0.461 e. The first-order valence-corrected chi connectivity index (χ1v) is 9.64. The lowest BCUT2D eigenvalue weighted by Crippen LogP contribution is -2.36. The molecule has 0 saturated carbocycles. The first-order valence-electron chi connectivity index (χ1n) is 8.82. The summed E-state index contributed by atoms with van der Waals surface area (Å²) in [4.78, 5) is 25.4. The van der Waals surface area contributed by atoms with Crippen LogP contribution in [0.1, 0.15) is 29.4 Å². The second kappa shape index (κ2) is 8.33. The summed E-state index contributed by atoms with van der Waals surface area (Å²) in [7, 11) is 1.25. The van der Waals surface area contributed by atoms with Gasteiger partial charge in [0.2, 0.25) is 0 Å². The molecule has 1 aromatic rings. The zero-order valence-corrected chi connectivity index (χ0v) is 16.9. The number of methoxy groups -OCH3 is 1. The third-order valence-corrected chi connectivity index (χ3v) is 5.75. The molecule has 1 aliphatic heterocycles. The fourth-order valence-electron chi connectivity index (χ4n) is 3.48. The molecular weight excluding hydrogens is 449 g/mol. The molecule has 12 heteroatoms. The molecule has 1 amide bonds. The van der Waals surface area contributed by atoms with Crippen LogP contribution in [0.15, 0.2) is 46.6 Å². The third-order valence-electron chi connectivity index (χ3n) is 4.80. The van der Waals surface area contributed by atoms with Crippen molar-refractivity contribution >= 4 is 23.2 Å². The number of fused-ring (bicyclic) bond motifs is 1. The van der Waals surface area contributed by atoms with E-state index in [9.17, 15) is 36.6 Å². The average Bonchev–Trinajstić information content (AvgIpc) is 3.24. The minimum Gasteiger partial charge on any atom is -0.494 e. The quantitative estimate of drug-likeness (QED) is 0.590. The average molecular weight is 465 g/mol. The Morgan fingerprint density at radius 3 is 2.61 bits per heavy atom. The molecular formula is C19H16F5NO5S. The highest BCUT2D eigenvalue weighted by Crippen LogP contribution is 2.45. The molecule has 0 fully saturated rings. The predicted octanol–water partition coefficient (Wildman–Crippen LogP) is 4.72. The normalized spacial score (nSPS) is 19.0. The van der Waals surface area contributed by atoms with Crippen molar-refractivity contribution in [3.8, 4) is 5.06 Å². The Morgan fingerprint density at radius 1 is 1.35 bits per heavy atom. The van der Waals surface area contributed by atoms with Crippen LogP contribution in [0.25, 0.3) is 0 Å². The number of carboxylic acids is 1. The largest absolute Gasteiger partial charge is 0.494 e. The van der Waals surface area contributed by atoms with E-state index in [1.807, 2.05) is 0 Å². The van der Waals surface area contributed by atoms with Gasteiger partial charge in [-0.2, -0.15) is 17.6 Å². The second-order valence-corrected chi connectivity index (χ2v) is 7.69. The number of halogens is 5. The summed E-state index contributed by atoms with van der Waals surface area (Å²) in [6.07, 6.45) is -7.81. The van der Waals surface area contributed by atoms with Crippen LogP contribution < -0.4 is 4.74 Å². The number of hydrogen-bond donors (Lipinski definition) is 1. The molecule has 0 aromatic carbocycles. The van der Waals surface area contributed by atoms with Crippen molar-refractivity contribution in [1.82, 2.24) is 4.90 Å². The van der Waals surface area contributed by atoms with E-state index in [2.05, 4.69) is 4.74 Å². The second-order valence-electron chi connectivity index (χ2n) is 6.64. The van der Waals surface area contributed by atoms with E-state index in [0.29, 0.717) is 11.3 Å². The number of aliphatic carboxylic acids is 1. The van der Waals surface area contributed by atoms with Gasteiger partial charge in [-0.1, -0.05) is 11.3 Å². The zero-order valence-electron chi connectivity index (χ0n) is 16.1. The first kappa shape index (κ1) is 22.8. The smallest absolute Gasteiger partial charge is 0.461 e. The van der Waals surface area contributed by atoms with E-state index in [1.165, 1.54) is 20.1 Å². The fourth-order valence-corrected chi connectivity index (χ4v) is 4.30. The van der Waals surface area contributed by atoms with Gasteiger partial charge >= 0.3 is 18.5 Å². The van der Waals surface area contributed by atoms with Gasteiger partial charge in [0.1, 0.15) is 0 Å². The summed E-state index contributed by atoms with van der Waals surface area (Å²) in [5.74, 6) is -2.85. The maximum atomic E-state index is 14.9. The summed E-state index contributed by atoms with van der Waals surface area (Å²) >= 11 is 0.419. The number of rotatable bonds is 7. The van der Waals surface area contributed by atoms with Crippen LogP contribution in [0, 0.1) is 0 Å². The molecule has 2 heterocycles. The molecule has 31 heavy (non-hydrogen) atoms. The van der Waals surface area contributed by atoms with Crippen LogP contribution in [-0.2, 0) is 9.53 Å². The van der Waals surface area contributed by atoms with Crippen LogP contribution in [0.4, 0.5) is 22.0 Å². The van der Waals surface area contributed by atoms with Gasteiger partial charge in [0.15, 0.2) is 16.6 Å². The molecule has 0 saturated heterocycles. The molecule has 1 N–H and O–H groups in total. The van der Waals surface area contributed by atoms with Gasteiger partial charge in [-0.05, 0) is 37.1 Å². The third kappa shape index (κ3) is 4.16. The Hall–Kier alpha value is -2.89. The van der Waals surface area contributed by atoms with E-state index in [-0.39, 0.29) is 33.9 Å². The van der Waals surface area contributed by atoms with E-state index in [4.69, 9.17) is 4.74 Å². The number of nitrogens with zero attached hydrogens (tertiary/aromatic N) is 1. The zero-order chi connectivity index (χ0) is 23.1. The number of amides is 1. The van der Waals surface area contributed by atoms with Crippen LogP contribution in [0.3, 0.4) is 0 Å². The topological polar surface area (TPSA) is 76.1 Å². The Bertz CT molecular complexity index is 1010. The molecule has 3 rings (SSSR count). The van der Waals surface area contributed by atoms with Gasteiger partial charge in [-0.3, -0.25) is 9.59 Å². The van der Waals surface area contributed by atoms with Crippen molar-refractivity contribution in [1.29, 1.82) is 0 Å². The van der Waals surface area contributed by atoms with Gasteiger partial charge in [0.05, 0.1) is 24.4 Å². The summed E-state index contributed by atoms with van der Waals surface area (Å²) in [6, 6.07) is 1.20. The van der Waals surface area contributed by atoms with Gasteiger partial charge < -0.3 is 19.5 Å². The molecule has 0 radical (unpaired) electrons. The van der Waals surface area contributed by atoms with Crippen molar-refractivity contribution in [3.63, 3.8) is 0 Å². The van der Waals surface area contributed by atoms with Crippen LogP contribution >= 0.6 is 11.3 Å². The van der Waals surface area contributed by atoms with Gasteiger partial charge in [0.25, 0.3) is 5.91 Å². The Balaban J connectivity index is 1.96. The summed E-state index contributed by atoms with van der Waals surface area (Å²) in [5.41, 5.74) is 0.287. The molecule has 1 aliphatic carbocycles. The number of ether oxygens (including phenoxy) is 2. The Kier molecular flexibility index (Phi) is 6.12. The number of allylic oxidation sites excluding steroid dienone is 2. The van der Waals surface area contributed by atoms with E-state index < -0.39 is 47.8 Å². The summed E-state index contributed by atoms with van der Waals surface area (Å²) in [6.45, 7) is 1.44. The predicted molar refractivity (Wildman–Crippen MR) is 98.7 cm³/mol. The molecule has 1 aromatic heterocycles. The van der Waals surface area contributed by atoms with E-state index in [1.54, 1.807) is 0 Å². The van der Waals surface area contributed by atoms with Crippen molar-refractivity contribution in [2.24, 2.45) is 0 Å². The highest BCUT2D eigenvalue weighted by atomic mass is 32.1. The molecule has 1 atom stereocenters. The first-order chi connectivity index (χ1) is 14.5. The lowest BCUT2D eigenvalue weighted by Gasteiger charge is -2.28. The number of carboxylic acid groups (broad SMARTS) is 1. The number of carbonyl (C=O) groups excluding carboxylic acids is 1. The standard InChI is InChI=1S/C19H16F5NO5S/c1-8-9(7-13(26)27)15-10(3-4-11(29-2)16(15)20)25(8)17(28)12-5-6-14(31-12)30-19(23,24)18(21)22/h4-6,10,18H,3,7H2,1-2H3,(H,26,27). The van der Waals surface area contributed by atoms with E-state index >= 15 is 0 Å². The van der Waals surface area contributed by atoms with Crippen molar-refractivity contribution in [3.05, 3.63) is 51.5 Å². The minimum absolute atomic E-state index is 0.00450. The Labute approximate surface area is 176 Å². The fraction of sp³-hybridized carbons (Fsp3) is 0.368. The number of alkyl halides is 4. The van der Waals surface area contributed by atoms with Gasteiger partial charge in [-0.25, -0.2) is 4.39 Å².